The van der Waals surface area contributed by atoms with E-state index < -0.39 is 10.8 Å². The van der Waals surface area contributed by atoms with Gasteiger partial charge in [0.25, 0.3) is 0 Å². The maximum atomic E-state index is 13.1. The lowest BCUT2D eigenvalue weighted by Crippen LogP contribution is -2.43. The number of amides is 2. The molecule has 5 unspecified atom stereocenters. The maximum absolute atomic E-state index is 13.1. The molecular weight excluding hydrogens is 429 g/mol. The Morgan fingerprint density at radius 1 is 1.03 bits per heavy atom. The number of hydrogen-bond donors (Lipinski definition) is 2. The van der Waals surface area contributed by atoms with Crippen molar-refractivity contribution < 1.29 is 18.2 Å². The molecule has 176 valence electrons. The fourth-order valence-corrected chi connectivity index (χ4v) is 7.40. The number of fused-ring (bicyclic) bond motifs is 2. The van der Waals surface area contributed by atoms with Crippen LogP contribution in [0.4, 0.5) is 4.39 Å². The van der Waals surface area contributed by atoms with Gasteiger partial charge in [-0.15, -0.1) is 0 Å². The van der Waals surface area contributed by atoms with E-state index in [-0.39, 0.29) is 34.7 Å². The Labute approximate surface area is 191 Å². The average Bonchev–Trinajstić information content (AvgIpc) is 3.41. The molecule has 1 saturated heterocycles. The number of unbranched alkanes of at least 4 members (excludes halogenated alkanes) is 1. The normalized spacial score (nSPS) is 29.2. The highest BCUT2D eigenvalue weighted by Gasteiger charge is 2.53. The van der Waals surface area contributed by atoms with E-state index in [0.29, 0.717) is 23.3 Å². The Kier molecular flexibility index (Phi) is 7.61. The van der Waals surface area contributed by atoms with Crippen molar-refractivity contribution in [2.45, 2.75) is 55.1 Å². The van der Waals surface area contributed by atoms with Crippen molar-refractivity contribution in [1.82, 2.24) is 10.2 Å². The molecule has 2 bridgehead atoms. The van der Waals surface area contributed by atoms with Crippen LogP contribution in [-0.4, -0.2) is 52.4 Å². The zero-order valence-corrected chi connectivity index (χ0v) is 19.3. The fourth-order valence-electron chi connectivity index (χ4n) is 5.98. The van der Waals surface area contributed by atoms with Crippen LogP contribution in [0.2, 0.25) is 0 Å². The highest BCUT2D eigenvalue weighted by molar-refractivity contribution is 7.85. The van der Waals surface area contributed by atoms with Gasteiger partial charge in [-0.25, -0.2) is 4.39 Å². The van der Waals surface area contributed by atoms with E-state index in [1.54, 1.807) is 12.1 Å². The summed E-state index contributed by atoms with van der Waals surface area (Å²) in [4.78, 5) is 27.6. The highest BCUT2D eigenvalue weighted by Crippen LogP contribution is 2.52. The Morgan fingerprint density at radius 3 is 2.34 bits per heavy atom. The van der Waals surface area contributed by atoms with Crippen LogP contribution in [0.5, 0.6) is 0 Å². The molecule has 1 aromatic carbocycles. The van der Waals surface area contributed by atoms with Crippen LogP contribution in [0.25, 0.3) is 0 Å². The van der Waals surface area contributed by atoms with Crippen molar-refractivity contribution in [3.05, 3.63) is 30.1 Å². The van der Waals surface area contributed by atoms with Crippen LogP contribution in [0.1, 0.15) is 44.9 Å². The van der Waals surface area contributed by atoms with E-state index in [0.717, 1.165) is 64.6 Å². The molecule has 1 aliphatic heterocycles. The third-order valence-corrected chi connectivity index (χ3v) is 9.44. The minimum atomic E-state index is -1.09. The summed E-state index contributed by atoms with van der Waals surface area (Å²) in [5.41, 5.74) is 5.58. The molecule has 0 aromatic heterocycles. The quantitative estimate of drug-likeness (QED) is 0.550. The summed E-state index contributed by atoms with van der Waals surface area (Å²) in [7, 11) is -1.09. The van der Waals surface area contributed by atoms with Gasteiger partial charge in [0, 0.05) is 16.7 Å². The lowest BCUT2D eigenvalue weighted by molar-refractivity contribution is -0.135. The Hall–Kier alpha value is -1.80. The standard InChI is InChI=1S/C24H34FN3O3S/c25-18-5-7-19(8-6-18)32(31)20-9-13-28(14-10-20)12-2-1-11-27-24(30)22-17-4-3-16(15-17)21(22)23(26)29/h5-8,16-17,20-22H,1-4,9-15H2,(H2,26,29)(H,27,30). The van der Waals surface area contributed by atoms with E-state index in [4.69, 9.17) is 5.73 Å². The number of hydrogen-bond acceptors (Lipinski definition) is 4. The van der Waals surface area contributed by atoms with Crippen molar-refractivity contribution >= 4 is 22.6 Å². The lowest BCUT2D eigenvalue weighted by Gasteiger charge is -2.31. The van der Waals surface area contributed by atoms with Crippen LogP contribution < -0.4 is 11.1 Å². The lowest BCUT2D eigenvalue weighted by atomic mass is 9.78. The molecule has 3 N–H and O–H groups in total. The fraction of sp³-hybridized carbons (Fsp3) is 0.667. The van der Waals surface area contributed by atoms with E-state index in [9.17, 15) is 18.2 Å². The van der Waals surface area contributed by atoms with Gasteiger partial charge in [0.05, 0.1) is 22.6 Å². The zero-order valence-electron chi connectivity index (χ0n) is 18.5. The third kappa shape index (κ3) is 5.22. The van der Waals surface area contributed by atoms with Gasteiger partial charge in [-0.3, -0.25) is 13.8 Å². The smallest absolute Gasteiger partial charge is 0.224 e. The van der Waals surface area contributed by atoms with Gasteiger partial charge in [0.1, 0.15) is 5.82 Å². The second-order valence-electron chi connectivity index (χ2n) is 9.58. The third-order valence-electron chi connectivity index (χ3n) is 7.63. The number of halogens is 1. The van der Waals surface area contributed by atoms with Gasteiger partial charge < -0.3 is 16.0 Å². The summed E-state index contributed by atoms with van der Waals surface area (Å²) in [6.07, 6.45) is 6.66. The molecule has 32 heavy (non-hydrogen) atoms. The Morgan fingerprint density at radius 2 is 1.69 bits per heavy atom. The van der Waals surface area contributed by atoms with Crippen LogP contribution >= 0.6 is 0 Å². The van der Waals surface area contributed by atoms with Gasteiger partial charge in [-0.2, -0.15) is 0 Å². The van der Waals surface area contributed by atoms with Crippen molar-refractivity contribution in [3.8, 4) is 0 Å². The topological polar surface area (TPSA) is 92.5 Å². The Bertz CT molecular complexity index is 841. The van der Waals surface area contributed by atoms with Crippen molar-refractivity contribution in [2.75, 3.05) is 26.2 Å². The first-order valence-electron chi connectivity index (χ1n) is 11.9. The summed E-state index contributed by atoms with van der Waals surface area (Å²) >= 11 is 0. The second kappa shape index (κ2) is 10.4. The van der Waals surface area contributed by atoms with Crippen LogP contribution in [0.15, 0.2) is 29.2 Å². The predicted octanol–water partition coefficient (Wildman–Crippen LogP) is 2.44. The summed E-state index contributed by atoms with van der Waals surface area (Å²) in [5, 5.41) is 3.17. The summed E-state index contributed by atoms with van der Waals surface area (Å²) in [6, 6.07) is 5.97. The first kappa shape index (κ1) is 23.4. The molecule has 8 heteroatoms. The number of nitrogens with two attached hydrogens (primary N) is 1. The molecule has 6 nitrogen and oxygen atoms in total. The number of carbonyl (C=O) groups excluding carboxylic acids is 2. The van der Waals surface area contributed by atoms with Gasteiger partial charge in [-0.05, 0) is 101 Å². The van der Waals surface area contributed by atoms with Crippen LogP contribution in [-0.2, 0) is 20.4 Å². The SMILES string of the molecule is NC(=O)C1C2CCC(C2)C1C(=O)NCCCCN1CCC(S(=O)c2ccc(F)cc2)CC1. The minimum Gasteiger partial charge on any atom is -0.369 e. The molecule has 2 aliphatic carbocycles. The molecule has 1 aromatic rings. The number of likely N-dealkylation sites (tertiary alicyclic amines) is 1. The first-order valence-corrected chi connectivity index (χ1v) is 13.1. The first-order chi connectivity index (χ1) is 15.4. The molecule has 0 radical (unpaired) electrons. The van der Waals surface area contributed by atoms with Gasteiger partial charge in [0.2, 0.25) is 11.8 Å². The Balaban J connectivity index is 1.12. The van der Waals surface area contributed by atoms with Gasteiger partial charge in [0.15, 0.2) is 0 Å². The summed E-state index contributed by atoms with van der Waals surface area (Å²) in [5.74, 6) is -0.512. The van der Waals surface area contributed by atoms with Crippen LogP contribution in [0, 0.1) is 29.5 Å². The van der Waals surface area contributed by atoms with Crippen LogP contribution in [0.3, 0.4) is 0 Å². The van der Waals surface area contributed by atoms with Crippen molar-refractivity contribution in [3.63, 3.8) is 0 Å². The number of piperidine rings is 1. The maximum Gasteiger partial charge on any atom is 0.224 e. The van der Waals surface area contributed by atoms with E-state index in [1.165, 1.54) is 12.1 Å². The summed E-state index contributed by atoms with van der Waals surface area (Å²) in [6.45, 7) is 3.41. The van der Waals surface area contributed by atoms with E-state index >= 15 is 0 Å². The number of rotatable bonds is 9. The molecule has 4 rings (SSSR count). The number of primary amides is 1. The second-order valence-corrected chi connectivity index (χ2v) is 11.3. The number of carbonyl (C=O) groups is 2. The molecule has 5 atom stereocenters. The largest absolute Gasteiger partial charge is 0.369 e. The van der Waals surface area contributed by atoms with Gasteiger partial charge >= 0.3 is 0 Å². The van der Waals surface area contributed by atoms with E-state index in [2.05, 4.69) is 10.2 Å². The molecular formula is C24H34FN3O3S. The monoisotopic (exact) mass is 463 g/mol. The minimum absolute atomic E-state index is 0.00471. The zero-order chi connectivity index (χ0) is 22.7. The number of nitrogens with one attached hydrogen (secondary N) is 1. The summed E-state index contributed by atoms with van der Waals surface area (Å²) < 4.78 is 25.8. The molecule has 3 aliphatic rings. The van der Waals surface area contributed by atoms with Gasteiger partial charge in [-0.1, -0.05) is 0 Å². The van der Waals surface area contributed by atoms with Crippen molar-refractivity contribution in [2.24, 2.45) is 29.4 Å². The number of benzene rings is 1. The molecule has 3 fully saturated rings. The highest BCUT2D eigenvalue weighted by atomic mass is 32.2. The average molecular weight is 464 g/mol. The molecule has 2 saturated carbocycles. The predicted molar refractivity (Wildman–Crippen MR) is 122 cm³/mol. The molecule has 0 spiro atoms. The molecule has 2 amide bonds. The van der Waals surface area contributed by atoms with E-state index in [1.807, 2.05) is 0 Å². The molecule has 1 heterocycles. The number of nitrogens with zero attached hydrogens (tertiary/aromatic N) is 1. The van der Waals surface area contributed by atoms with Crippen molar-refractivity contribution in [1.29, 1.82) is 0 Å².